The summed E-state index contributed by atoms with van der Waals surface area (Å²) in [6, 6.07) is 14.5. The van der Waals surface area contributed by atoms with Crippen LogP contribution >= 0.6 is 23.8 Å². The molecule has 2 nitrogen and oxygen atoms in total. The van der Waals surface area contributed by atoms with Gasteiger partial charge in [0.2, 0.25) is 0 Å². The van der Waals surface area contributed by atoms with Crippen molar-refractivity contribution in [3.63, 3.8) is 0 Å². The number of rotatable bonds is 1. The van der Waals surface area contributed by atoms with Gasteiger partial charge in [0.25, 0.3) is 0 Å². The molecule has 0 unspecified atom stereocenters. The van der Waals surface area contributed by atoms with E-state index in [1.165, 1.54) is 22.3 Å². The summed E-state index contributed by atoms with van der Waals surface area (Å²) in [4.78, 5) is 0. The monoisotopic (exact) mass is 268 g/mol. The molecular weight excluding hydrogens is 259 g/mol. The molecule has 5 heteroatoms. The third-order valence-corrected chi connectivity index (χ3v) is 3.52. The molecule has 0 atom stereocenters. The second-order valence-corrected chi connectivity index (χ2v) is 4.96. The number of hydrogen-bond acceptors (Lipinski definition) is 3. The summed E-state index contributed by atoms with van der Waals surface area (Å²) in [7, 11) is 0. The van der Waals surface area contributed by atoms with Gasteiger partial charge in [0.1, 0.15) is 9.52 Å². The van der Waals surface area contributed by atoms with Gasteiger partial charge in [-0.15, -0.1) is 0 Å². The molecule has 80 valence electrons. The Kier molecular flexibility index (Phi) is 4.12. The summed E-state index contributed by atoms with van der Waals surface area (Å²) in [6.07, 6.45) is 0. The van der Waals surface area contributed by atoms with Crippen LogP contribution in [0.4, 0.5) is 0 Å². The number of hydrogen-bond donors (Lipinski definition) is 1. The van der Waals surface area contributed by atoms with Crippen LogP contribution < -0.4 is 29.6 Å². The summed E-state index contributed by atoms with van der Waals surface area (Å²) < 4.78 is 3.63. The third kappa shape index (κ3) is 2.51. The Balaban J connectivity index is 0.000000810. The Morgan fingerprint density at radius 3 is 2.59 bits per heavy atom. The molecule has 0 spiro atoms. The standard InChI is InChI=1S/C12H8N2S2.Na.H/c15-12-11(13-14-16-12)10-6-5-8-3-1-2-4-9(8)7-10;;/h1-7,14H;;/q;+1;-1. The van der Waals surface area contributed by atoms with E-state index in [4.69, 9.17) is 12.2 Å². The first kappa shape index (κ1) is 12.9. The average molecular weight is 268 g/mol. The van der Waals surface area contributed by atoms with Crippen LogP contribution in [0.3, 0.4) is 0 Å². The fourth-order valence-corrected chi connectivity index (χ4v) is 2.48. The van der Waals surface area contributed by atoms with Crippen molar-refractivity contribution in [2.24, 2.45) is 0 Å². The Morgan fingerprint density at radius 1 is 1.12 bits per heavy atom. The molecule has 0 aliphatic rings. The Bertz CT molecular complexity index is 708. The van der Waals surface area contributed by atoms with Crippen LogP contribution in [0.1, 0.15) is 1.43 Å². The molecule has 1 N–H and O–H groups in total. The van der Waals surface area contributed by atoms with E-state index in [1.54, 1.807) is 0 Å². The summed E-state index contributed by atoms with van der Waals surface area (Å²) in [5.41, 5.74) is 1.94. The van der Waals surface area contributed by atoms with E-state index in [2.05, 4.69) is 39.9 Å². The predicted molar refractivity (Wildman–Crippen MR) is 71.4 cm³/mol. The van der Waals surface area contributed by atoms with Gasteiger partial charge >= 0.3 is 29.6 Å². The van der Waals surface area contributed by atoms with Gasteiger partial charge in [0.05, 0.1) is 0 Å². The first-order chi connectivity index (χ1) is 7.84. The smallest absolute Gasteiger partial charge is 1.00 e. The molecule has 0 radical (unpaired) electrons. The molecular formula is C12H9N2NaS2. The molecule has 0 saturated carbocycles. The van der Waals surface area contributed by atoms with Crippen molar-refractivity contribution < 1.29 is 31.0 Å². The van der Waals surface area contributed by atoms with Crippen LogP contribution in [0.2, 0.25) is 0 Å². The number of aromatic amines is 1. The molecule has 0 fully saturated rings. The molecule has 0 aliphatic heterocycles. The van der Waals surface area contributed by atoms with Gasteiger partial charge < -0.3 is 1.43 Å². The predicted octanol–water partition coefficient (Wildman–Crippen LogP) is 1.14. The molecule has 0 amide bonds. The molecule has 0 bridgehead atoms. The third-order valence-electron chi connectivity index (χ3n) is 2.51. The van der Waals surface area contributed by atoms with Crippen molar-refractivity contribution in [2.45, 2.75) is 0 Å². The van der Waals surface area contributed by atoms with Crippen molar-refractivity contribution in [3.05, 3.63) is 46.3 Å². The van der Waals surface area contributed by atoms with E-state index in [9.17, 15) is 0 Å². The normalized spacial score (nSPS) is 10.1. The average Bonchev–Trinajstić information content (AvgIpc) is 2.75. The largest absolute Gasteiger partial charge is 1.00 e. The van der Waals surface area contributed by atoms with Crippen molar-refractivity contribution in [3.8, 4) is 11.3 Å². The molecule has 1 aromatic heterocycles. The van der Waals surface area contributed by atoms with Crippen LogP contribution in [0.15, 0.2) is 42.5 Å². The fourth-order valence-electron chi connectivity index (χ4n) is 1.72. The van der Waals surface area contributed by atoms with E-state index >= 15 is 0 Å². The number of H-pyrrole nitrogens is 1. The molecule has 2 aromatic carbocycles. The van der Waals surface area contributed by atoms with Gasteiger partial charge in [-0.05, 0) is 28.4 Å². The fraction of sp³-hybridized carbons (Fsp3) is 0. The minimum Gasteiger partial charge on any atom is -1.00 e. The van der Waals surface area contributed by atoms with Crippen LogP contribution in [0, 0.1) is 3.82 Å². The molecule has 3 aromatic rings. The minimum atomic E-state index is 0. The zero-order chi connectivity index (χ0) is 11.0. The molecule has 0 saturated heterocycles. The minimum absolute atomic E-state index is 0. The van der Waals surface area contributed by atoms with E-state index in [0.29, 0.717) is 0 Å². The van der Waals surface area contributed by atoms with Crippen molar-refractivity contribution in [1.29, 1.82) is 0 Å². The SMILES string of the molecule is S=c1s[nH]nc1-c1ccc2ccccc2c1.[H-].[Na+]. The summed E-state index contributed by atoms with van der Waals surface area (Å²) in [6.45, 7) is 0. The maximum Gasteiger partial charge on any atom is 1.00 e. The van der Waals surface area contributed by atoms with Crippen molar-refractivity contribution in [2.75, 3.05) is 0 Å². The molecule has 0 aliphatic carbocycles. The van der Waals surface area contributed by atoms with Crippen molar-refractivity contribution >= 4 is 34.5 Å². The summed E-state index contributed by atoms with van der Waals surface area (Å²) in [5, 5.41) is 6.63. The van der Waals surface area contributed by atoms with Gasteiger partial charge in [-0.2, -0.15) is 5.10 Å². The van der Waals surface area contributed by atoms with E-state index in [0.717, 1.165) is 15.1 Å². The molecule has 1 heterocycles. The van der Waals surface area contributed by atoms with Gasteiger partial charge in [-0.1, -0.05) is 48.6 Å². The summed E-state index contributed by atoms with van der Waals surface area (Å²) >= 11 is 6.60. The topological polar surface area (TPSA) is 28.7 Å². The second kappa shape index (κ2) is 5.42. The van der Waals surface area contributed by atoms with Gasteiger partial charge in [0, 0.05) is 5.56 Å². The Labute approximate surface area is 132 Å². The number of aromatic nitrogens is 2. The number of nitrogens with zero attached hydrogens (tertiary/aromatic N) is 1. The maximum atomic E-state index is 5.21. The van der Waals surface area contributed by atoms with Gasteiger partial charge in [0.15, 0.2) is 0 Å². The first-order valence-electron chi connectivity index (χ1n) is 4.87. The van der Waals surface area contributed by atoms with Crippen LogP contribution in [0.5, 0.6) is 0 Å². The van der Waals surface area contributed by atoms with Crippen LogP contribution in [-0.4, -0.2) is 9.59 Å². The zero-order valence-electron chi connectivity index (χ0n) is 10.3. The van der Waals surface area contributed by atoms with Crippen LogP contribution in [-0.2, 0) is 0 Å². The van der Waals surface area contributed by atoms with Crippen LogP contribution in [0.25, 0.3) is 22.0 Å². The summed E-state index contributed by atoms with van der Waals surface area (Å²) in [5.74, 6) is 0. The van der Waals surface area contributed by atoms with Gasteiger partial charge in [-0.3, -0.25) is 0 Å². The molecule has 3 rings (SSSR count). The second-order valence-electron chi connectivity index (χ2n) is 3.50. The van der Waals surface area contributed by atoms with E-state index in [-0.39, 0.29) is 31.0 Å². The van der Waals surface area contributed by atoms with E-state index < -0.39 is 0 Å². The first-order valence-corrected chi connectivity index (χ1v) is 6.10. The Morgan fingerprint density at radius 2 is 1.88 bits per heavy atom. The number of benzene rings is 2. The maximum absolute atomic E-state index is 5.21. The quantitative estimate of drug-likeness (QED) is 0.529. The zero-order valence-corrected chi connectivity index (χ0v) is 12.9. The van der Waals surface area contributed by atoms with E-state index in [1.807, 2.05) is 12.1 Å². The number of nitrogens with one attached hydrogen (secondary N) is 1. The molecule has 17 heavy (non-hydrogen) atoms. The van der Waals surface area contributed by atoms with Gasteiger partial charge in [-0.25, -0.2) is 4.49 Å². The van der Waals surface area contributed by atoms with Crippen molar-refractivity contribution in [1.82, 2.24) is 9.59 Å². The Hall–Kier alpha value is -0.520. The number of fused-ring (bicyclic) bond motifs is 1.